The van der Waals surface area contributed by atoms with Crippen molar-refractivity contribution in [1.29, 1.82) is 0 Å². The van der Waals surface area contributed by atoms with E-state index in [1.54, 1.807) is 0 Å². The second kappa shape index (κ2) is 8.41. The van der Waals surface area contributed by atoms with Crippen LogP contribution in [0.3, 0.4) is 0 Å². The molecule has 0 spiro atoms. The van der Waals surface area contributed by atoms with Crippen LogP contribution >= 0.6 is 0 Å². The Morgan fingerprint density at radius 1 is 1.00 bits per heavy atom. The maximum Gasteiger partial charge on any atom is 0.241 e. The molecule has 28 heavy (non-hydrogen) atoms. The van der Waals surface area contributed by atoms with Gasteiger partial charge >= 0.3 is 0 Å². The maximum atomic E-state index is 12.7. The molecule has 0 aromatic heterocycles. The van der Waals surface area contributed by atoms with Crippen molar-refractivity contribution in [3.63, 3.8) is 0 Å². The van der Waals surface area contributed by atoms with E-state index in [1.165, 1.54) is 31.4 Å². The van der Waals surface area contributed by atoms with Crippen molar-refractivity contribution in [3.05, 3.63) is 24.3 Å². The van der Waals surface area contributed by atoms with Gasteiger partial charge in [0.2, 0.25) is 11.8 Å². The van der Waals surface area contributed by atoms with Crippen molar-refractivity contribution in [2.45, 2.75) is 44.6 Å². The Morgan fingerprint density at radius 3 is 2.32 bits per heavy atom. The molecule has 0 bridgehead atoms. The van der Waals surface area contributed by atoms with Gasteiger partial charge in [0, 0.05) is 45.2 Å². The zero-order valence-corrected chi connectivity index (χ0v) is 16.9. The monoisotopic (exact) mass is 384 g/mol. The molecule has 1 aromatic carbocycles. The predicted molar refractivity (Wildman–Crippen MR) is 111 cm³/mol. The van der Waals surface area contributed by atoms with Crippen LogP contribution in [0, 0.1) is 5.92 Å². The fourth-order valence-corrected chi connectivity index (χ4v) is 4.47. The van der Waals surface area contributed by atoms with Gasteiger partial charge in [0.1, 0.15) is 0 Å². The summed E-state index contributed by atoms with van der Waals surface area (Å²) in [5.41, 5.74) is 2.19. The summed E-state index contributed by atoms with van der Waals surface area (Å²) in [5.74, 6) is 0.656. The van der Waals surface area contributed by atoms with E-state index in [0.717, 1.165) is 18.5 Å². The highest BCUT2D eigenvalue weighted by Crippen LogP contribution is 2.32. The molecular formula is C22H32N4O2. The minimum absolute atomic E-state index is 0.108. The van der Waals surface area contributed by atoms with Gasteiger partial charge in [-0.2, -0.15) is 0 Å². The van der Waals surface area contributed by atoms with Crippen molar-refractivity contribution in [2.24, 2.45) is 5.92 Å². The molecule has 0 radical (unpaired) electrons. The number of carbonyl (C=O) groups excluding carboxylic acids is 2. The molecule has 3 fully saturated rings. The summed E-state index contributed by atoms with van der Waals surface area (Å²) in [6.45, 7) is 2.92. The third-order valence-corrected chi connectivity index (χ3v) is 6.46. The highest BCUT2D eigenvalue weighted by Gasteiger charge is 2.35. The molecule has 4 rings (SSSR count). The van der Waals surface area contributed by atoms with Crippen LogP contribution in [0.4, 0.5) is 11.4 Å². The van der Waals surface area contributed by atoms with E-state index >= 15 is 0 Å². The van der Waals surface area contributed by atoms with Crippen LogP contribution in [0.2, 0.25) is 0 Å². The van der Waals surface area contributed by atoms with Crippen LogP contribution in [-0.4, -0.2) is 67.4 Å². The van der Waals surface area contributed by atoms with Gasteiger partial charge in [-0.05, 0) is 37.8 Å². The summed E-state index contributed by atoms with van der Waals surface area (Å²) in [7, 11) is 2.16. The van der Waals surface area contributed by atoms with Crippen molar-refractivity contribution >= 4 is 23.2 Å². The third-order valence-electron chi connectivity index (χ3n) is 6.46. The van der Waals surface area contributed by atoms with Crippen LogP contribution in [0.5, 0.6) is 0 Å². The van der Waals surface area contributed by atoms with Gasteiger partial charge in [-0.3, -0.25) is 9.59 Å². The highest BCUT2D eigenvalue weighted by atomic mass is 16.2. The van der Waals surface area contributed by atoms with E-state index < -0.39 is 0 Å². The summed E-state index contributed by atoms with van der Waals surface area (Å²) in [6, 6.07) is 8.86. The number of para-hydroxylation sites is 2. The molecular weight excluding hydrogens is 352 g/mol. The van der Waals surface area contributed by atoms with Crippen molar-refractivity contribution in [1.82, 2.24) is 9.80 Å². The Labute approximate surface area is 167 Å². The molecule has 1 aromatic rings. The van der Waals surface area contributed by atoms with E-state index in [1.807, 2.05) is 15.9 Å². The lowest BCUT2D eigenvalue weighted by molar-refractivity contribution is -0.139. The number of nitrogens with one attached hydrogen (secondary N) is 1. The van der Waals surface area contributed by atoms with Gasteiger partial charge < -0.3 is 20.0 Å². The Hall–Kier alpha value is -2.24. The van der Waals surface area contributed by atoms with E-state index in [2.05, 4.69) is 35.5 Å². The normalized spacial score (nSPS) is 20.3. The lowest BCUT2D eigenvalue weighted by atomic mass is 10.1. The fourth-order valence-electron chi connectivity index (χ4n) is 4.47. The second-order valence-corrected chi connectivity index (χ2v) is 8.40. The molecule has 1 aliphatic heterocycles. The highest BCUT2D eigenvalue weighted by molar-refractivity contribution is 5.84. The number of benzene rings is 1. The van der Waals surface area contributed by atoms with Crippen LogP contribution in [0.25, 0.3) is 0 Å². The minimum atomic E-state index is 0.108. The number of nitrogens with zero attached hydrogens (tertiary/aromatic N) is 3. The number of hydrogen-bond acceptors (Lipinski definition) is 4. The molecule has 2 amide bonds. The van der Waals surface area contributed by atoms with Gasteiger partial charge in [0.15, 0.2) is 0 Å². The Morgan fingerprint density at radius 2 is 1.64 bits per heavy atom. The van der Waals surface area contributed by atoms with Crippen LogP contribution in [0.15, 0.2) is 24.3 Å². The van der Waals surface area contributed by atoms with Gasteiger partial charge in [0.05, 0.1) is 17.9 Å². The quantitative estimate of drug-likeness (QED) is 0.819. The zero-order chi connectivity index (χ0) is 19.5. The summed E-state index contributed by atoms with van der Waals surface area (Å²) in [6.07, 6.45) is 7.17. The smallest absolute Gasteiger partial charge is 0.241 e. The second-order valence-electron chi connectivity index (χ2n) is 8.40. The molecule has 1 N–H and O–H groups in total. The molecule has 1 heterocycles. The summed E-state index contributed by atoms with van der Waals surface area (Å²) >= 11 is 0. The molecule has 152 valence electrons. The van der Waals surface area contributed by atoms with E-state index in [-0.39, 0.29) is 17.7 Å². The lowest BCUT2D eigenvalue weighted by Gasteiger charge is -2.35. The van der Waals surface area contributed by atoms with Gasteiger partial charge in [-0.25, -0.2) is 0 Å². The fraction of sp³-hybridized carbons (Fsp3) is 0.636. The molecule has 3 aliphatic rings. The van der Waals surface area contributed by atoms with Crippen LogP contribution < -0.4 is 10.2 Å². The van der Waals surface area contributed by atoms with Gasteiger partial charge in [0.25, 0.3) is 0 Å². The van der Waals surface area contributed by atoms with Crippen molar-refractivity contribution in [3.8, 4) is 0 Å². The number of hydrogen-bond donors (Lipinski definition) is 1. The topological polar surface area (TPSA) is 55.9 Å². The number of rotatable bonds is 6. The minimum Gasteiger partial charge on any atom is -0.374 e. The Bertz CT molecular complexity index is 704. The van der Waals surface area contributed by atoms with Crippen molar-refractivity contribution in [2.75, 3.05) is 50.0 Å². The average Bonchev–Trinajstić information content (AvgIpc) is 3.45. The molecule has 6 nitrogen and oxygen atoms in total. The molecule has 2 saturated carbocycles. The molecule has 6 heteroatoms. The first-order valence-corrected chi connectivity index (χ1v) is 10.8. The van der Waals surface area contributed by atoms with E-state index in [4.69, 9.17) is 0 Å². The Kier molecular flexibility index (Phi) is 5.74. The molecule has 0 unspecified atom stereocenters. The number of piperazine rings is 1. The maximum absolute atomic E-state index is 12.7. The summed E-state index contributed by atoms with van der Waals surface area (Å²) < 4.78 is 0. The number of amides is 2. The van der Waals surface area contributed by atoms with Gasteiger partial charge in [-0.1, -0.05) is 25.0 Å². The SMILES string of the molecule is CN(c1ccccc1NCC(=O)N1CCN(C(=O)C2CC2)CC1)C1CCCC1. The standard InChI is InChI=1S/C22H32N4O2/c1-24(18-6-2-3-7-18)20-9-5-4-8-19(20)23-16-21(27)25-12-14-26(15-13-25)22(28)17-10-11-17/h4-5,8-9,17-18,23H,2-3,6-7,10-16H2,1H3. The summed E-state index contributed by atoms with van der Waals surface area (Å²) in [4.78, 5) is 31.0. The summed E-state index contributed by atoms with van der Waals surface area (Å²) in [5, 5.41) is 3.36. The lowest BCUT2D eigenvalue weighted by Crippen LogP contribution is -2.52. The number of anilines is 2. The third kappa shape index (κ3) is 4.26. The Balaban J connectivity index is 1.30. The van der Waals surface area contributed by atoms with Crippen LogP contribution in [0.1, 0.15) is 38.5 Å². The van der Waals surface area contributed by atoms with Crippen molar-refractivity contribution < 1.29 is 9.59 Å². The average molecular weight is 385 g/mol. The van der Waals surface area contributed by atoms with Crippen LogP contribution in [-0.2, 0) is 9.59 Å². The van der Waals surface area contributed by atoms with Gasteiger partial charge in [-0.15, -0.1) is 0 Å². The zero-order valence-electron chi connectivity index (χ0n) is 16.9. The largest absolute Gasteiger partial charge is 0.374 e. The first-order valence-electron chi connectivity index (χ1n) is 10.8. The first-order chi connectivity index (χ1) is 13.6. The van der Waals surface area contributed by atoms with E-state index in [9.17, 15) is 9.59 Å². The predicted octanol–water partition coefficient (Wildman–Crippen LogP) is 2.56. The van der Waals surface area contributed by atoms with E-state index in [0.29, 0.717) is 38.8 Å². The molecule has 2 aliphatic carbocycles. The molecule has 1 saturated heterocycles. The number of carbonyl (C=O) groups is 2. The first kappa shape index (κ1) is 19.1. The molecule has 0 atom stereocenters.